The number of benzene rings is 3. The molecule has 3 unspecified atom stereocenters. The molecule has 3 atom stereocenters. The summed E-state index contributed by atoms with van der Waals surface area (Å²) in [6.45, 7) is 2.27. The lowest BCUT2D eigenvalue weighted by Crippen LogP contribution is -2.58. The Hall–Kier alpha value is -4.21. The second-order valence-electron chi connectivity index (χ2n) is 9.97. The number of amides is 2. The molecule has 1 aliphatic carbocycles. The van der Waals surface area contributed by atoms with Crippen LogP contribution in [0.5, 0.6) is 0 Å². The van der Waals surface area contributed by atoms with E-state index in [-0.39, 0.29) is 19.1 Å². The minimum Gasteiger partial charge on any atom is -0.480 e. The smallest absolute Gasteiger partial charge is 0.407 e. The molecule has 0 saturated heterocycles. The number of rotatable bonds is 12. The topological polar surface area (TPSA) is 117 Å². The molecule has 3 aromatic carbocycles. The van der Waals surface area contributed by atoms with Gasteiger partial charge in [0.05, 0.1) is 6.10 Å². The lowest BCUT2D eigenvalue weighted by atomic mass is 9.98. The van der Waals surface area contributed by atoms with Gasteiger partial charge in [0.2, 0.25) is 5.91 Å². The molecule has 0 radical (unpaired) electrons. The van der Waals surface area contributed by atoms with E-state index in [2.05, 4.69) is 10.6 Å². The molecular formula is C31H35N3O6. The Balaban J connectivity index is 1.38. The summed E-state index contributed by atoms with van der Waals surface area (Å²) in [5.74, 6) is -2.00. The summed E-state index contributed by atoms with van der Waals surface area (Å²) in [5, 5.41) is 14.9. The maximum atomic E-state index is 13.2. The molecule has 1 aliphatic rings. The first kappa shape index (κ1) is 28.8. The van der Waals surface area contributed by atoms with Crippen LogP contribution in [0.25, 0.3) is 11.1 Å². The summed E-state index contributed by atoms with van der Waals surface area (Å²) >= 11 is 0. The fraction of sp³-hybridized carbons (Fsp3) is 0.323. The number of ether oxygens (including phenoxy) is 2. The Morgan fingerprint density at radius 3 is 2.05 bits per heavy atom. The summed E-state index contributed by atoms with van der Waals surface area (Å²) in [7, 11) is 3.19. The molecule has 40 heavy (non-hydrogen) atoms. The van der Waals surface area contributed by atoms with Gasteiger partial charge in [-0.25, -0.2) is 9.59 Å². The van der Waals surface area contributed by atoms with Crippen molar-refractivity contribution in [3.63, 3.8) is 0 Å². The normalized spacial score (nSPS) is 14.5. The van der Waals surface area contributed by atoms with Crippen LogP contribution in [0.1, 0.15) is 29.5 Å². The number of aliphatic carboxylic acids is 1. The SMILES string of the molecule is COC(C)C(NC(=O)OCC1c2ccccc2-c2ccccc21)C(=O)NC(CN(C)Cc1ccccc1)C(=O)O. The van der Waals surface area contributed by atoms with Crippen LogP contribution in [0, 0.1) is 0 Å². The Morgan fingerprint density at radius 2 is 1.48 bits per heavy atom. The maximum Gasteiger partial charge on any atom is 0.407 e. The Bertz CT molecular complexity index is 1290. The third-order valence-corrected chi connectivity index (χ3v) is 7.14. The number of hydrogen-bond acceptors (Lipinski definition) is 6. The van der Waals surface area contributed by atoms with Crippen molar-refractivity contribution >= 4 is 18.0 Å². The van der Waals surface area contributed by atoms with Gasteiger partial charge >= 0.3 is 12.1 Å². The Kier molecular flexibility index (Phi) is 9.52. The minimum absolute atomic E-state index is 0.0645. The average molecular weight is 546 g/mol. The van der Waals surface area contributed by atoms with E-state index in [4.69, 9.17) is 9.47 Å². The molecular weight excluding hydrogens is 510 g/mol. The van der Waals surface area contributed by atoms with Crippen LogP contribution in [0.4, 0.5) is 4.79 Å². The first-order valence-electron chi connectivity index (χ1n) is 13.2. The van der Waals surface area contributed by atoms with Crippen LogP contribution >= 0.6 is 0 Å². The Labute approximate surface area is 234 Å². The summed E-state index contributed by atoms with van der Waals surface area (Å²) in [6.07, 6.45) is -1.53. The number of carboxylic acid groups (broad SMARTS) is 1. The summed E-state index contributed by atoms with van der Waals surface area (Å²) in [5.41, 5.74) is 5.37. The highest BCUT2D eigenvalue weighted by atomic mass is 16.5. The standard InChI is InChI=1S/C31H35N3O6/c1-20(39-3)28(29(35)32-27(30(36)37)18-34(2)17-21-11-5-4-6-12-21)33-31(38)40-19-26-24-15-9-7-13-22(24)23-14-8-10-16-25(23)26/h4-16,20,26-28H,17-19H2,1-3H3,(H,32,35)(H,33,38)(H,36,37). The number of nitrogens with zero attached hydrogens (tertiary/aromatic N) is 1. The molecule has 0 spiro atoms. The molecule has 0 saturated carbocycles. The molecule has 210 valence electrons. The molecule has 3 aromatic rings. The van der Waals surface area contributed by atoms with Crippen LogP contribution in [0.15, 0.2) is 78.9 Å². The van der Waals surface area contributed by atoms with E-state index in [9.17, 15) is 19.5 Å². The van der Waals surface area contributed by atoms with Gasteiger partial charge in [-0.2, -0.15) is 0 Å². The number of alkyl carbamates (subject to hydrolysis) is 1. The summed E-state index contributed by atoms with van der Waals surface area (Å²) in [4.78, 5) is 39.8. The zero-order chi connectivity index (χ0) is 28.6. The number of likely N-dealkylation sites (N-methyl/N-ethyl adjacent to an activating group) is 1. The number of hydrogen-bond donors (Lipinski definition) is 3. The first-order chi connectivity index (χ1) is 19.3. The highest BCUT2D eigenvalue weighted by Gasteiger charge is 2.33. The van der Waals surface area contributed by atoms with Gasteiger partial charge in [-0.15, -0.1) is 0 Å². The van der Waals surface area contributed by atoms with Gasteiger partial charge in [0, 0.05) is 26.1 Å². The number of carbonyl (C=O) groups excluding carboxylic acids is 2. The van der Waals surface area contributed by atoms with Gasteiger partial charge in [0.1, 0.15) is 18.7 Å². The van der Waals surface area contributed by atoms with Crippen molar-refractivity contribution in [2.45, 2.75) is 37.6 Å². The van der Waals surface area contributed by atoms with Gasteiger partial charge in [-0.1, -0.05) is 78.9 Å². The quantitative estimate of drug-likeness (QED) is 0.318. The average Bonchev–Trinajstić information content (AvgIpc) is 3.28. The molecule has 0 fully saturated rings. The molecule has 4 rings (SSSR count). The van der Waals surface area contributed by atoms with Crippen molar-refractivity contribution in [1.82, 2.24) is 15.5 Å². The van der Waals surface area contributed by atoms with Crippen molar-refractivity contribution in [3.05, 3.63) is 95.6 Å². The molecule has 3 N–H and O–H groups in total. The molecule has 2 amide bonds. The lowest BCUT2D eigenvalue weighted by Gasteiger charge is -2.27. The van der Waals surface area contributed by atoms with E-state index >= 15 is 0 Å². The van der Waals surface area contributed by atoms with Gasteiger partial charge in [-0.05, 0) is 41.8 Å². The van der Waals surface area contributed by atoms with Gasteiger partial charge < -0.3 is 25.2 Å². The highest BCUT2D eigenvalue weighted by molar-refractivity contribution is 5.90. The summed E-state index contributed by atoms with van der Waals surface area (Å²) in [6, 6.07) is 23.2. The predicted octanol–water partition coefficient (Wildman–Crippen LogP) is 3.63. The van der Waals surface area contributed by atoms with Crippen molar-refractivity contribution in [2.24, 2.45) is 0 Å². The van der Waals surface area contributed by atoms with Gasteiger partial charge in [0.15, 0.2) is 0 Å². The molecule has 9 nitrogen and oxygen atoms in total. The predicted molar refractivity (Wildman–Crippen MR) is 151 cm³/mol. The largest absolute Gasteiger partial charge is 0.480 e. The first-order valence-corrected chi connectivity index (χ1v) is 13.2. The fourth-order valence-electron chi connectivity index (χ4n) is 5.02. The van der Waals surface area contributed by atoms with Crippen LogP contribution in [0.3, 0.4) is 0 Å². The molecule has 0 bridgehead atoms. The van der Waals surface area contributed by atoms with Crippen molar-refractivity contribution in [2.75, 3.05) is 27.3 Å². The number of nitrogens with one attached hydrogen (secondary N) is 2. The van der Waals surface area contributed by atoms with E-state index in [1.165, 1.54) is 7.11 Å². The molecule has 0 aromatic heterocycles. The number of methoxy groups -OCH3 is 1. The molecule has 0 heterocycles. The van der Waals surface area contributed by atoms with Gasteiger partial charge in [-0.3, -0.25) is 9.69 Å². The van der Waals surface area contributed by atoms with Crippen LogP contribution in [-0.4, -0.2) is 73.5 Å². The van der Waals surface area contributed by atoms with E-state index in [1.807, 2.05) is 83.8 Å². The van der Waals surface area contributed by atoms with E-state index in [0.29, 0.717) is 6.54 Å². The molecule has 9 heteroatoms. The van der Waals surface area contributed by atoms with Crippen LogP contribution in [0.2, 0.25) is 0 Å². The van der Waals surface area contributed by atoms with Crippen molar-refractivity contribution < 1.29 is 29.0 Å². The third-order valence-electron chi connectivity index (χ3n) is 7.14. The fourth-order valence-corrected chi connectivity index (χ4v) is 5.02. The van der Waals surface area contributed by atoms with Gasteiger partial charge in [0.25, 0.3) is 0 Å². The van der Waals surface area contributed by atoms with Crippen LogP contribution < -0.4 is 10.6 Å². The van der Waals surface area contributed by atoms with Crippen molar-refractivity contribution in [1.29, 1.82) is 0 Å². The number of carbonyl (C=O) groups is 3. The zero-order valence-corrected chi connectivity index (χ0v) is 22.9. The zero-order valence-electron chi connectivity index (χ0n) is 22.9. The number of fused-ring (bicyclic) bond motifs is 3. The van der Waals surface area contributed by atoms with E-state index < -0.39 is 36.2 Å². The number of carboxylic acids is 1. The minimum atomic E-state index is -1.20. The highest BCUT2D eigenvalue weighted by Crippen LogP contribution is 2.44. The van der Waals surface area contributed by atoms with E-state index in [0.717, 1.165) is 27.8 Å². The second kappa shape index (κ2) is 13.2. The third kappa shape index (κ3) is 6.86. The van der Waals surface area contributed by atoms with Crippen LogP contribution in [-0.2, 0) is 25.6 Å². The second-order valence-corrected chi connectivity index (χ2v) is 9.97. The van der Waals surface area contributed by atoms with E-state index in [1.54, 1.807) is 14.0 Å². The Morgan fingerprint density at radius 1 is 0.900 bits per heavy atom. The monoisotopic (exact) mass is 545 g/mol. The van der Waals surface area contributed by atoms with Crippen molar-refractivity contribution in [3.8, 4) is 11.1 Å². The maximum absolute atomic E-state index is 13.2. The lowest BCUT2D eigenvalue weighted by molar-refractivity contribution is -0.143. The summed E-state index contributed by atoms with van der Waals surface area (Å²) < 4.78 is 10.9. The molecule has 0 aliphatic heterocycles.